The summed E-state index contributed by atoms with van der Waals surface area (Å²) in [4.78, 5) is 0. The fourth-order valence-corrected chi connectivity index (χ4v) is 1.82. The molecular formula is C14H22FNO. The van der Waals surface area contributed by atoms with Crippen LogP contribution in [-0.4, -0.2) is 5.11 Å². The number of nitrogen functional groups attached to an aromatic ring is 1. The third kappa shape index (κ3) is 4.73. The number of benzene rings is 1. The first-order valence-electron chi connectivity index (χ1n) is 6.02. The number of hydrogen-bond acceptors (Lipinski definition) is 2. The molecule has 0 fully saturated rings. The van der Waals surface area contributed by atoms with Crippen molar-refractivity contribution in [2.75, 3.05) is 5.73 Å². The molecule has 0 heterocycles. The zero-order valence-corrected chi connectivity index (χ0v) is 10.8. The van der Waals surface area contributed by atoms with Gasteiger partial charge in [0.25, 0.3) is 0 Å². The first-order valence-corrected chi connectivity index (χ1v) is 6.02. The predicted molar refractivity (Wildman–Crippen MR) is 69.1 cm³/mol. The topological polar surface area (TPSA) is 46.2 Å². The van der Waals surface area contributed by atoms with Crippen LogP contribution in [0.4, 0.5) is 10.1 Å². The Bertz CT molecular complexity index is 371. The first kappa shape index (κ1) is 14.0. The smallest absolute Gasteiger partial charge is 0.123 e. The van der Waals surface area contributed by atoms with E-state index in [4.69, 9.17) is 5.73 Å². The van der Waals surface area contributed by atoms with E-state index in [2.05, 4.69) is 20.8 Å². The van der Waals surface area contributed by atoms with E-state index >= 15 is 0 Å². The number of nitrogens with two attached hydrogens (primary N) is 1. The average molecular weight is 239 g/mol. The Morgan fingerprint density at radius 3 is 2.59 bits per heavy atom. The fraction of sp³-hybridized carbons (Fsp3) is 0.571. The third-order valence-corrected chi connectivity index (χ3v) is 2.81. The summed E-state index contributed by atoms with van der Waals surface area (Å²) in [6.07, 6.45) is 1.87. The molecule has 0 amide bonds. The van der Waals surface area contributed by atoms with Gasteiger partial charge in [-0.15, -0.1) is 0 Å². The lowest BCUT2D eigenvalue weighted by atomic mass is 9.88. The molecule has 1 aromatic carbocycles. The van der Waals surface area contributed by atoms with Crippen molar-refractivity contribution in [3.63, 3.8) is 0 Å². The predicted octanol–water partition coefficient (Wildman–Crippen LogP) is 3.66. The highest BCUT2D eigenvalue weighted by atomic mass is 19.1. The van der Waals surface area contributed by atoms with Gasteiger partial charge < -0.3 is 10.8 Å². The van der Waals surface area contributed by atoms with Crippen molar-refractivity contribution >= 4 is 5.69 Å². The number of rotatable bonds is 4. The molecule has 1 aromatic rings. The van der Waals surface area contributed by atoms with Gasteiger partial charge in [0.05, 0.1) is 6.10 Å². The summed E-state index contributed by atoms with van der Waals surface area (Å²) in [5.41, 5.74) is 6.93. The van der Waals surface area contributed by atoms with E-state index in [0.29, 0.717) is 17.7 Å². The summed E-state index contributed by atoms with van der Waals surface area (Å²) < 4.78 is 13.1. The first-order chi connectivity index (χ1) is 7.79. The van der Waals surface area contributed by atoms with Gasteiger partial charge in [-0.25, -0.2) is 4.39 Å². The van der Waals surface area contributed by atoms with Crippen molar-refractivity contribution < 1.29 is 9.50 Å². The molecule has 3 N–H and O–H groups in total. The summed E-state index contributed by atoms with van der Waals surface area (Å²) in [7, 11) is 0. The maximum absolute atomic E-state index is 13.1. The van der Waals surface area contributed by atoms with Crippen LogP contribution in [0.1, 0.15) is 51.7 Å². The van der Waals surface area contributed by atoms with Gasteiger partial charge in [0, 0.05) is 11.3 Å². The van der Waals surface area contributed by atoms with Crippen LogP contribution >= 0.6 is 0 Å². The van der Waals surface area contributed by atoms with Gasteiger partial charge in [-0.05, 0) is 36.5 Å². The lowest BCUT2D eigenvalue weighted by Crippen LogP contribution is -2.07. The molecule has 0 spiro atoms. The number of halogens is 1. The van der Waals surface area contributed by atoms with Crippen molar-refractivity contribution in [3.05, 3.63) is 29.6 Å². The molecule has 3 heteroatoms. The molecule has 0 bridgehead atoms. The maximum atomic E-state index is 13.1. The van der Waals surface area contributed by atoms with Gasteiger partial charge in [0.15, 0.2) is 0 Å². The SMILES string of the molecule is CC(C)(C)CCCC(O)c1cc(F)ccc1N. The molecule has 0 aromatic heterocycles. The van der Waals surface area contributed by atoms with Crippen LogP contribution in [0.5, 0.6) is 0 Å². The molecule has 2 nitrogen and oxygen atoms in total. The molecule has 1 unspecified atom stereocenters. The molecule has 17 heavy (non-hydrogen) atoms. The van der Waals surface area contributed by atoms with E-state index in [9.17, 15) is 9.50 Å². The normalized spacial score (nSPS) is 13.7. The molecule has 0 saturated heterocycles. The van der Waals surface area contributed by atoms with Crippen LogP contribution in [0.2, 0.25) is 0 Å². The molecule has 0 saturated carbocycles. The number of aliphatic hydroxyl groups excluding tert-OH is 1. The highest BCUT2D eigenvalue weighted by Crippen LogP contribution is 2.28. The quantitative estimate of drug-likeness (QED) is 0.788. The highest BCUT2D eigenvalue weighted by Gasteiger charge is 2.15. The highest BCUT2D eigenvalue weighted by molar-refractivity contribution is 5.47. The summed E-state index contributed by atoms with van der Waals surface area (Å²) in [5, 5.41) is 9.98. The third-order valence-electron chi connectivity index (χ3n) is 2.81. The Morgan fingerprint density at radius 2 is 2.00 bits per heavy atom. The van der Waals surface area contributed by atoms with Crippen molar-refractivity contribution in [3.8, 4) is 0 Å². The Hall–Kier alpha value is -1.09. The molecule has 0 radical (unpaired) electrons. The zero-order chi connectivity index (χ0) is 13.1. The van der Waals surface area contributed by atoms with E-state index in [1.807, 2.05) is 0 Å². The Morgan fingerprint density at radius 1 is 1.35 bits per heavy atom. The zero-order valence-electron chi connectivity index (χ0n) is 10.8. The van der Waals surface area contributed by atoms with Crippen LogP contribution in [0.25, 0.3) is 0 Å². The van der Waals surface area contributed by atoms with Gasteiger partial charge in [-0.3, -0.25) is 0 Å². The largest absolute Gasteiger partial charge is 0.398 e. The monoisotopic (exact) mass is 239 g/mol. The van der Waals surface area contributed by atoms with Gasteiger partial charge in [-0.1, -0.05) is 27.2 Å². The van der Waals surface area contributed by atoms with Crippen LogP contribution < -0.4 is 5.73 Å². The minimum Gasteiger partial charge on any atom is -0.398 e. The molecular weight excluding hydrogens is 217 g/mol. The summed E-state index contributed by atoms with van der Waals surface area (Å²) >= 11 is 0. The van der Waals surface area contributed by atoms with Crippen LogP contribution in [-0.2, 0) is 0 Å². The van der Waals surface area contributed by atoms with Crippen molar-refractivity contribution in [2.45, 2.75) is 46.1 Å². The van der Waals surface area contributed by atoms with Gasteiger partial charge in [-0.2, -0.15) is 0 Å². The van der Waals surface area contributed by atoms with E-state index in [-0.39, 0.29) is 11.2 Å². The standard InChI is InChI=1S/C14H22FNO/c1-14(2,3)8-4-5-13(17)11-9-10(15)6-7-12(11)16/h6-7,9,13,17H,4-5,8,16H2,1-3H3. The molecule has 96 valence electrons. The number of anilines is 1. The Balaban J connectivity index is 2.58. The number of aliphatic hydroxyl groups is 1. The van der Waals surface area contributed by atoms with Crippen molar-refractivity contribution in [1.82, 2.24) is 0 Å². The van der Waals surface area contributed by atoms with Crippen molar-refractivity contribution in [1.29, 1.82) is 0 Å². The van der Waals surface area contributed by atoms with Gasteiger partial charge in [0.2, 0.25) is 0 Å². The molecule has 0 aliphatic carbocycles. The van der Waals surface area contributed by atoms with Gasteiger partial charge >= 0.3 is 0 Å². The Labute approximate surface area is 103 Å². The second-order valence-electron chi connectivity index (χ2n) is 5.74. The van der Waals surface area contributed by atoms with Crippen LogP contribution in [0.3, 0.4) is 0 Å². The minimum absolute atomic E-state index is 0.257. The molecule has 1 atom stereocenters. The van der Waals surface area contributed by atoms with Gasteiger partial charge in [0.1, 0.15) is 5.82 Å². The minimum atomic E-state index is -0.673. The van der Waals surface area contributed by atoms with E-state index < -0.39 is 6.10 Å². The summed E-state index contributed by atoms with van der Waals surface area (Å²) in [6.45, 7) is 6.49. The second-order valence-corrected chi connectivity index (χ2v) is 5.74. The molecule has 0 aliphatic rings. The Kier molecular flexibility index (Phi) is 4.52. The fourth-order valence-electron chi connectivity index (χ4n) is 1.82. The van der Waals surface area contributed by atoms with Crippen LogP contribution in [0, 0.1) is 11.2 Å². The molecule has 0 aliphatic heterocycles. The summed E-state index contributed by atoms with van der Waals surface area (Å²) in [5.74, 6) is -0.357. The number of hydrogen-bond donors (Lipinski definition) is 2. The summed E-state index contributed by atoms with van der Waals surface area (Å²) in [6, 6.07) is 4.12. The van der Waals surface area contributed by atoms with Crippen molar-refractivity contribution in [2.24, 2.45) is 5.41 Å². The van der Waals surface area contributed by atoms with Crippen LogP contribution in [0.15, 0.2) is 18.2 Å². The molecule has 1 rings (SSSR count). The lowest BCUT2D eigenvalue weighted by Gasteiger charge is -2.19. The maximum Gasteiger partial charge on any atom is 0.123 e. The van der Waals surface area contributed by atoms with E-state index in [0.717, 1.165) is 12.8 Å². The second kappa shape index (κ2) is 5.50. The lowest BCUT2D eigenvalue weighted by molar-refractivity contribution is 0.158. The average Bonchev–Trinajstić information content (AvgIpc) is 2.19. The van der Waals surface area contributed by atoms with E-state index in [1.54, 1.807) is 0 Å². The van der Waals surface area contributed by atoms with E-state index in [1.165, 1.54) is 18.2 Å².